The topological polar surface area (TPSA) is 101 Å². The van der Waals surface area contributed by atoms with Crippen LogP contribution in [-0.4, -0.2) is 33.6 Å². The second-order valence-corrected chi connectivity index (χ2v) is 15.2. The van der Waals surface area contributed by atoms with E-state index in [9.17, 15) is 19.2 Å². The first kappa shape index (κ1) is 36.5. The van der Waals surface area contributed by atoms with E-state index in [2.05, 4.69) is 9.97 Å². The third-order valence-corrected chi connectivity index (χ3v) is 11.7. The summed E-state index contributed by atoms with van der Waals surface area (Å²) in [6, 6.07) is 55.4. The minimum Gasteiger partial charge on any atom is -0.268 e. The zero-order valence-corrected chi connectivity index (χ0v) is 32.9. The second kappa shape index (κ2) is 14.6. The van der Waals surface area contributed by atoms with Crippen molar-refractivity contribution in [3.63, 3.8) is 0 Å². The molecule has 0 spiro atoms. The van der Waals surface area contributed by atoms with Crippen LogP contribution in [0.3, 0.4) is 0 Å². The van der Waals surface area contributed by atoms with Gasteiger partial charge in [0.1, 0.15) is 0 Å². The van der Waals surface area contributed by atoms with Crippen molar-refractivity contribution in [1.29, 1.82) is 0 Å². The molecule has 8 nitrogen and oxygen atoms in total. The molecule has 292 valence electrons. The average Bonchev–Trinajstić information content (AvgIpc) is 3.33. The molecule has 8 heteroatoms. The smallest absolute Gasteiger partial charge is 0.265 e. The molecule has 2 aliphatic heterocycles. The lowest BCUT2D eigenvalue weighted by Gasteiger charge is -2.28. The quantitative estimate of drug-likeness (QED) is 0.164. The number of carbonyl (C=O) groups excluding carboxylic acids is 4. The summed E-state index contributed by atoms with van der Waals surface area (Å²) in [4.78, 5) is 65.2. The average molecular weight is 801 g/mol. The number of rotatable bonds is 4. The van der Waals surface area contributed by atoms with Crippen molar-refractivity contribution < 1.29 is 19.2 Å². The Balaban J connectivity index is 0.000000139. The van der Waals surface area contributed by atoms with E-state index in [1.54, 1.807) is 36.8 Å². The molecule has 8 aromatic carbocycles. The number of anilines is 2. The van der Waals surface area contributed by atoms with E-state index < -0.39 is 0 Å². The fourth-order valence-electron chi connectivity index (χ4n) is 8.81. The molecule has 10 aromatic rings. The Hall–Kier alpha value is -8.62. The van der Waals surface area contributed by atoms with Gasteiger partial charge in [-0.05, 0) is 105 Å². The highest BCUT2D eigenvalue weighted by atomic mass is 16.2. The maximum Gasteiger partial charge on any atom is 0.265 e. The number of aromatic nitrogens is 2. The van der Waals surface area contributed by atoms with Crippen LogP contribution in [0.15, 0.2) is 195 Å². The summed E-state index contributed by atoms with van der Waals surface area (Å²) in [5.74, 6) is -1.23. The van der Waals surface area contributed by atoms with Gasteiger partial charge in [-0.2, -0.15) is 0 Å². The molecular formula is C54H32N4O4. The molecule has 0 atom stereocenters. The maximum absolute atomic E-state index is 13.5. The third kappa shape index (κ3) is 5.84. The number of amides is 4. The molecule has 2 aromatic heterocycles. The van der Waals surface area contributed by atoms with Crippen LogP contribution in [0.1, 0.15) is 41.4 Å². The zero-order valence-electron chi connectivity index (χ0n) is 32.9. The van der Waals surface area contributed by atoms with E-state index in [1.807, 2.05) is 158 Å². The lowest BCUT2D eigenvalue weighted by Crippen LogP contribution is -2.40. The van der Waals surface area contributed by atoms with Crippen LogP contribution in [0.4, 0.5) is 11.4 Å². The minimum atomic E-state index is -0.309. The largest absolute Gasteiger partial charge is 0.268 e. The van der Waals surface area contributed by atoms with Crippen LogP contribution in [0.5, 0.6) is 0 Å². The molecule has 12 rings (SSSR count). The van der Waals surface area contributed by atoms with Crippen LogP contribution < -0.4 is 9.80 Å². The van der Waals surface area contributed by atoms with Gasteiger partial charge in [-0.3, -0.25) is 29.1 Å². The summed E-state index contributed by atoms with van der Waals surface area (Å²) in [6.07, 6.45) is 5.25. The summed E-state index contributed by atoms with van der Waals surface area (Å²) in [5, 5.41) is 7.22. The molecule has 0 saturated carbocycles. The number of hydrogen-bond acceptors (Lipinski definition) is 6. The number of fused-ring (bicyclic) bond motifs is 2. The number of benzene rings is 8. The molecule has 4 heterocycles. The predicted octanol–water partition coefficient (Wildman–Crippen LogP) is 11.7. The van der Waals surface area contributed by atoms with Crippen molar-refractivity contribution in [2.45, 2.75) is 0 Å². The van der Waals surface area contributed by atoms with E-state index in [4.69, 9.17) is 0 Å². The standard InChI is InChI=1S/2C27H16N2O2/c30-26-23-9-3-8-22-21(19-7-4-14-28-16-19)12-13-24(25(22)23)27(31)29(26)20-11-10-17-5-1-2-6-18(17)15-20;30-26-22-9-5-8-21-20(24-10-3-4-15-28-24)13-14-23(25(21)22)27(31)29(26)19-12-11-17-6-1-2-7-18(17)16-19/h2*1-16H. The van der Waals surface area contributed by atoms with E-state index in [1.165, 1.54) is 9.80 Å². The van der Waals surface area contributed by atoms with E-state index in [0.717, 1.165) is 54.7 Å². The summed E-state index contributed by atoms with van der Waals surface area (Å²) in [6.45, 7) is 0. The molecule has 4 amide bonds. The minimum absolute atomic E-state index is 0.304. The summed E-state index contributed by atoms with van der Waals surface area (Å²) < 4.78 is 0. The van der Waals surface area contributed by atoms with E-state index in [0.29, 0.717) is 44.4 Å². The Morgan fingerprint density at radius 2 is 0.839 bits per heavy atom. The fourth-order valence-corrected chi connectivity index (χ4v) is 8.81. The second-order valence-electron chi connectivity index (χ2n) is 15.2. The van der Waals surface area contributed by atoms with Gasteiger partial charge in [0.05, 0.1) is 17.1 Å². The number of pyridine rings is 2. The number of hydrogen-bond donors (Lipinski definition) is 0. The highest BCUT2D eigenvalue weighted by Crippen LogP contribution is 2.40. The Morgan fingerprint density at radius 1 is 0.355 bits per heavy atom. The third-order valence-electron chi connectivity index (χ3n) is 11.7. The van der Waals surface area contributed by atoms with Crippen molar-refractivity contribution in [3.8, 4) is 22.4 Å². The van der Waals surface area contributed by atoms with Crippen molar-refractivity contribution >= 4 is 78.1 Å². The molecular weight excluding hydrogens is 769 g/mol. The van der Waals surface area contributed by atoms with Gasteiger partial charge < -0.3 is 0 Å². The molecule has 0 fully saturated rings. The zero-order chi connectivity index (χ0) is 41.9. The predicted molar refractivity (Wildman–Crippen MR) is 245 cm³/mol. The van der Waals surface area contributed by atoms with Gasteiger partial charge in [0.15, 0.2) is 0 Å². The van der Waals surface area contributed by atoms with Crippen LogP contribution >= 0.6 is 0 Å². The first-order valence-electron chi connectivity index (χ1n) is 20.1. The van der Waals surface area contributed by atoms with Crippen molar-refractivity contribution in [3.05, 3.63) is 217 Å². The Morgan fingerprint density at radius 3 is 1.35 bits per heavy atom. The van der Waals surface area contributed by atoms with Crippen LogP contribution in [0.25, 0.3) is 65.5 Å². The van der Waals surface area contributed by atoms with Gasteiger partial charge in [0.25, 0.3) is 23.6 Å². The molecule has 0 saturated heterocycles. The number of nitrogens with zero attached hydrogens (tertiary/aromatic N) is 4. The number of imide groups is 2. The molecule has 0 bridgehead atoms. The van der Waals surface area contributed by atoms with Gasteiger partial charge in [-0.25, -0.2) is 9.80 Å². The Labute approximate surface area is 355 Å². The molecule has 0 radical (unpaired) electrons. The van der Waals surface area contributed by atoms with Gasteiger partial charge in [0, 0.05) is 62.7 Å². The molecule has 0 N–H and O–H groups in total. The summed E-state index contributed by atoms with van der Waals surface area (Å²) >= 11 is 0. The molecule has 62 heavy (non-hydrogen) atoms. The van der Waals surface area contributed by atoms with Crippen molar-refractivity contribution in [1.82, 2.24) is 9.97 Å². The lowest BCUT2D eigenvalue weighted by atomic mass is 9.89. The SMILES string of the molecule is O=C1c2cccc3c(-c4ccccn4)ccc(c23)C(=O)N1c1ccc2ccccc2c1.O=C1c2cccc3c(-c4cccnc4)ccc(c23)C(=O)N1c1ccc2ccccc2c1. The van der Waals surface area contributed by atoms with Gasteiger partial charge in [0.2, 0.25) is 0 Å². The van der Waals surface area contributed by atoms with Crippen LogP contribution in [-0.2, 0) is 0 Å². The van der Waals surface area contributed by atoms with Crippen LogP contribution in [0, 0.1) is 0 Å². The lowest BCUT2D eigenvalue weighted by molar-refractivity contribution is 0.0877. The van der Waals surface area contributed by atoms with Crippen molar-refractivity contribution in [2.24, 2.45) is 0 Å². The highest BCUT2D eigenvalue weighted by Gasteiger charge is 2.36. The molecule has 0 aliphatic carbocycles. The van der Waals surface area contributed by atoms with E-state index >= 15 is 0 Å². The fraction of sp³-hybridized carbons (Fsp3) is 0. The first-order valence-corrected chi connectivity index (χ1v) is 20.1. The maximum atomic E-state index is 13.5. The molecule has 2 aliphatic rings. The van der Waals surface area contributed by atoms with Gasteiger partial charge in [-0.1, -0.05) is 109 Å². The van der Waals surface area contributed by atoms with Gasteiger partial charge >= 0.3 is 0 Å². The molecule has 0 unspecified atom stereocenters. The Kier molecular flexibility index (Phi) is 8.57. The monoisotopic (exact) mass is 800 g/mol. The normalized spacial score (nSPS) is 13.2. The first-order chi connectivity index (χ1) is 30.4. The van der Waals surface area contributed by atoms with Crippen LogP contribution in [0.2, 0.25) is 0 Å². The van der Waals surface area contributed by atoms with Crippen molar-refractivity contribution in [2.75, 3.05) is 9.80 Å². The van der Waals surface area contributed by atoms with Gasteiger partial charge in [-0.15, -0.1) is 0 Å². The summed E-state index contributed by atoms with van der Waals surface area (Å²) in [5.41, 5.74) is 6.88. The Bertz CT molecular complexity index is 3240. The van der Waals surface area contributed by atoms with E-state index in [-0.39, 0.29) is 23.6 Å². The number of carbonyl (C=O) groups is 4. The highest BCUT2D eigenvalue weighted by molar-refractivity contribution is 6.38. The summed E-state index contributed by atoms with van der Waals surface area (Å²) in [7, 11) is 0.